The molecular formula is C16H18N4. The number of anilines is 2. The Kier molecular flexibility index (Phi) is 4.21. The fourth-order valence-electron chi connectivity index (χ4n) is 2.14. The highest BCUT2D eigenvalue weighted by Gasteiger charge is 2.09. The second-order valence-electron chi connectivity index (χ2n) is 4.73. The van der Waals surface area contributed by atoms with Crippen molar-refractivity contribution in [2.45, 2.75) is 20.4 Å². The van der Waals surface area contributed by atoms with Crippen LogP contribution in [-0.2, 0) is 6.54 Å². The Labute approximate surface area is 119 Å². The first-order valence-corrected chi connectivity index (χ1v) is 6.60. The predicted octanol–water partition coefficient (Wildman–Crippen LogP) is 2.87. The molecule has 0 fully saturated rings. The van der Waals surface area contributed by atoms with Gasteiger partial charge in [-0.2, -0.15) is 5.26 Å². The summed E-state index contributed by atoms with van der Waals surface area (Å²) >= 11 is 0. The van der Waals surface area contributed by atoms with Crippen LogP contribution in [0.2, 0.25) is 0 Å². The summed E-state index contributed by atoms with van der Waals surface area (Å²) in [4.78, 5) is 6.64. The molecule has 4 heteroatoms. The summed E-state index contributed by atoms with van der Waals surface area (Å²) in [6.45, 7) is 5.51. The molecule has 2 aromatic rings. The Hall–Kier alpha value is -2.54. The monoisotopic (exact) mass is 266 g/mol. The quantitative estimate of drug-likeness (QED) is 0.864. The van der Waals surface area contributed by atoms with E-state index in [4.69, 9.17) is 11.0 Å². The van der Waals surface area contributed by atoms with Crippen LogP contribution in [0.15, 0.2) is 36.4 Å². The fourth-order valence-corrected chi connectivity index (χ4v) is 2.14. The van der Waals surface area contributed by atoms with Crippen LogP contribution in [0.1, 0.15) is 23.7 Å². The van der Waals surface area contributed by atoms with Gasteiger partial charge < -0.3 is 10.6 Å². The van der Waals surface area contributed by atoms with Crippen LogP contribution in [0.4, 0.5) is 11.5 Å². The molecule has 2 rings (SSSR count). The van der Waals surface area contributed by atoms with Crippen molar-refractivity contribution in [3.05, 3.63) is 53.2 Å². The van der Waals surface area contributed by atoms with Gasteiger partial charge in [-0.25, -0.2) is 4.98 Å². The summed E-state index contributed by atoms with van der Waals surface area (Å²) in [7, 11) is 0. The molecule has 0 spiro atoms. The van der Waals surface area contributed by atoms with Crippen LogP contribution in [0.3, 0.4) is 0 Å². The lowest BCUT2D eigenvalue weighted by atomic mass is 10.2. The predicted molar refractivity (Wildman–Crippen MR) is 81.3 cm³/mol. The van der Waals surface area contributed by atoms with Crippen molar-refractivity contribution in [2.24, 2.45) is 0 Å². The lowest BCUT2D eigenvalue weighted by Gasteiger charge is -2.22. The fraction of sp³-hybridized carbons (Fsp3) is 0.250. The number of hydrogen-bond acceptors (Lipinski definition) is 4. The molecule has 0 aliphatic heterocycles. The van der Waals surface area contributed by atoms with Gasteiger partial charge in [0.05, 0.1) is 11.6 Å². The SMILES string of the molecule is CCN(Cc1cccc(N)c1)c1cc(C#N)cc(C)n1. The number of nitrogens with zero attached hydrogens (tertiary/aromatic N) is 3. The van der Waals surface area contributed by atoms with E-state index in [2.05, 4.69) is 22.9 Å². The van der Waals surface area contributed by atoms with Crippen molar-refractivity contribution < 1.29 is 0 Å². The molecule has 0 atom stereocenters. The van der Waals surface area contributed by atoms with Crippen LogP contribution in [0.25, 0.3) is 0 Å². The highest BCUT2D eigenvalue weighted by Crippen LogP contribution is 2.18. The molecule has 0 amide bonds. The third-order valence-electron chi connectivity index (χ3n) is 3.10. The summed E-state index contributed by atoms with van der Waals surface area (Å²) in [6, 6.07) is 13.6. The van der Waals surface area contributed by atoms with Crippen LogP contribution in [-0.4, -0.2) is 11.5 Å². The van der Waals surface area contributed by atoms with Gasteiger partial charge >= 0.3 is 0 Å². The number of nitrogen functional groups attached to an aromatic ring is 1. The average Bonchev–Trinajstić information content (AvgIpc) is 2.44. The number of rotatable bonds is 4. The van der Waals surface area contributed by atoms with Gasteiger partial charge in [0.25, 0.3) is 0 Å². The maximum atomic E-state index is 9.05. The molecule has 4 nitrogen and oxygen atoms in total. The van der Waals surface area contributed by atoms with E-state index in [0.717, 1.165) is 35.9 Å². The molecule has 20 heavy (non-hydrogen) atoms. The first kappa shape index (κ1) is 13.9. The van der Waals surface area contributed by atoms with E-state index in [-0.39, 0.29) is 0 Å². The topological polar surface area (TPSA) is 65.9 Å². The molecule has 102 valence electrons. The lowest BCUT2D eigenvalue weighted by molar-refractivity contribution is 0.810. The number of aromatic nitrogens is 1. The van der Waals surface area contributed by atoms with Gasteiger partial charge in [-0.3, -0.25) is 0 Å². The van der Waals surface area contributed by atoms with Crippen molar-refractivity contribution in [1.82, 2.24) is 4.98 Å². The zero-order chi connectivity index (χ0) is 14.5. The zero-order valence-electron chi connectivity index (χ0n) is 11.8. The summed E-state index contributed by atoms with van der Waals surface area (Å²) in [5.74, 6) is 0.825. The Balaban J connectivity index is 2.29. The highest BCUT2D eigenvalue weighted by molar-refractivity contribution is 5.48. The van der Waals surface area contributed by atoms with Crippen molar-refractivity contribution in [3.63, 3.8) is 0 Å². The van der Waals surface area contributed by atoms with Crippen LogP contribution < -0.4 is 10.6 Å². The largest absolute Gasteiger partial charge is 0.399 e. The van der Waals surface area contributed by atoms with Crippen molar-refractivity contribution >= 4 is 11.5 Å². The van der Waals surface area contributed by atoms with Gasteiger partial charge in [-0.15, -0.1) is 0 Å². The maximum Gasteiger partial charge on any atom is 0.130 e. The number of pyridine rings is 1. The molecular weight excluding hydrogens is 248 g/mol. The minimum atomic E-state index is 0.638. The van der Waals surface area contributed by atoms with Crippen LogP contribution in [0, 0.1) is 18.3 Å². The van der Waals surface area contributed by atoms with Gasteiger partial charge in [-0.05, 0) is 43.7 Å². The van der Waals surface area contributed by atoms with Gasteiger partial charge in [0.1, 0.15) is 5.82 Å². The Morgan fingerprint density at radius 1 is 1.30 bits per heavy atom. The van der Waals surface area contributed by atoms with E-state index in [0.29, 0.717) is 5.56 Å². The average molecular weight is 266 g/mol. The Bertz CT molecular complexity index is 643. The molecule has 0 radical (unpaired) electrons. The first-order chi connectivity index (χ1) is 9.62. The minimum absolute atomic E-state index is 0.638. The van der Waals surface area contributed by atoms with Crippen molar-refractivity contribution in [1.29, 1.82) is 5.26 Å². The second kappa shape index (κ2) is 6.07. The van der Waals surface area contributed by atoms with Crippen LogP contribution in [0.5, 0.6) is 0 Å². The number of nitriles is 1. The highest BCUT2D eigenvalue weighted by atomic mass is 15.2. The van der Waals surface area contributed by atoms with E-state index >= 15 is 0 Å². The smallest absolute Gasteiger partial charge is 0.130 e. The number of nitrogens with two attached hydrogens (primary N) is 1. The first-order valence-electron chi connectivity index (χ1n) is 6.60. The molecule has 0 bridgehead atoms. The summed E-state index contributed by atoms with van der Waals surface area (Å²) in [5.41, 5.74) is 9.19. The van der Waals surface area contributed by atoms with Crippen LogP contribution >= 0.6 is 0 Å². The third kappa shape index (κ3) is 3.27. The van der Waals surface area contributed by atoms with Gasteiger partial charge in [0, 0.05) is 24.5 Å². The van der Waals surface area contributed by atoms with Gasteiger partial charge in [-0.1, -0.05) is 12.1 Å². The van der Waals surface area contributed by atoms with Gasteiger partial charge in [0.15, 0.2) is 0 Å². The normalized spacial score (nSPS) is 10.1. The van der Waals surface area contributed by atoms with E-state index in [1.165, 1.54) is 0 Å². The number of benzene rings is 1. The second-order valence-corrected chi connectivity index (χ2v) is 4.73. The lowest BCUT2D eigenvalue weighted by Crippen LogP contribution is -2.23. The van der Waals surface area contributed by atoms with Gasteiger partial charge in [0.2, 0.25) is 0 Å². The molecule has 0 unspecified atom stereocenters. The van der Waals surface area contributed by atoms with E-state index < -0.39 is 0 Å². The Morgan fingerprint density at radius 2 is 2.10 bits per heavy atom. The summed E-state index contributed by atoms with van der Waals surface area (Å²) in [5, 5.41) is 9.05. The molecule has 0 saturated heterocycles. The molecule has 1 heterocycles. The summed E-state index contributed by atoms with van der Waals surface area (Å²) in [6.07, 6.45) is 0. The van der Waals surface area contributed by atoms with Crippen molar-refractivity contribution in [2.75, 3.05) is 17.2 Å². The maximum absolute atomic E-state index is 9.05. The molecule has 1 aromatic heterocycles. The van der Waals surface area contributed by atoms with E-state index in [1.807, 2.05) is 37.3 Å². The van der Waals surface area contributed by atoms with E-state index in [1.54, 1.807) is 6.07 Å². The zero-order valence-corrected chi connectivity index (χ0v) is 11.8. The summed E-state index contributed by atoms with van der Waals surface area (Å²) < 4.78 is 0. The number of aryl methyl sites for hydroxylation is 1. The molecule has 0 aliphatic carbocycles. The third-order valence-corrected chi connectivity index (χ3v) is 3.10. The molecule has 1 aromatic carbocycles. The molecule has 0 saturated carbocycles. The standard InChI is InChI=1S/C16H18N4/c1-3-20(11-13-5-4-6-15(18)8-13)16-9-14(10-17)7-12(2)19-16/h4-9H,3,11,18H2,1-2H3. The Morgan fingerprint density at radius 3 is 2.75 bits per heavy atom. The molecule has 2 N–H and O–H groups in total. The minimum Gasteiger partial charge on any atom is -0.399 e. The molecule has 0 aliphatic rings. The number of hydrogen-bond donors (Lipinski definition) is 1. The van der Waals surface area contributed by atoms with E-state index in [9.17, 15) is 0 Å². The van der Waals surface area contributed by atoms with Crippen molar-refractivity contribution in [3.8, 4) is 6.07 Å².